The van der Waals surface area contributed by atoms with Crippen LogP contribution in [0.5, 0.6) is 0 Å². The highest BCUT2D eigenvalue weighted by Crippen LogP contribution is 2.27. The second-order valence-corrected chi connectivity index (χ2v) is 9.38. The van der Waals surface area contributed by atoms with E-state index in [2.05, 4.69) is 60.6 Å². The molecule has 0 bridgehead atoms. The minimum atomic E-state index is -0.327. The summed E-state index contributed by atoms with van der Waals surface area (Å²) in [6.07, 6.45) is 0.564. The number of aromatic amines is 1. The van der Waals surface area contributed by atoms with Gasteiger partial charge < -0.3 is 10.2 Å². The Morgan fingerprint density at radius 3 is 2.53 bits per heavy atom. The van der Waals surface area contributed by atoms with Crippen LogP contribution in [0.25, 0.3) is 11.1 Å². The van der Waals surface area contributed by atoms with Crippen LogP contribution in [0.15, 0.2) is 60.7 Å². The molecule has 6 heteroatoms. The number of H-pyrrole nitrogens is 1. The lowest BCUT2D eigenvalue weighted by Gasteiger charge is -2.23. The summed E-state index contributed by atoms with van der Waals surface area (Å²) in [5, 5.41) is 10.2. The molecular weight excluding hydrogens is 400 g/mol. The summed E-state index contributed by atoms with van der Waals surface area (Å²) in [7, 11) is 0. The third-order valence-electron chi connectivity index (χ3n) is 5.95. The minimum absolute atomic E-state index is 0.0134. The van der Waals surface area contributed by atoms with Crippen molar-refractivity contribution in [2.45, 2.75) is 32.6 Å². The average molecular weight is 431 g/mol. The summed E-state index contributed by atoms with van der Waals surface area (Å²) in [5.74, 6) is -0.484. The van der Waals surface area contributed by atoms with Crippen LogP contribution in [0.1, 0.15) is 42.5 Å². The van der Waals surface area contributed by atoms with E-state index in [4.69, 9.17) is 0 Å². The molecule has 1 aliphatic heterocycles. The fraction of sp³-hybridized carbons (Fsp3) is 0.346. The van der Waals surface area contributed by atoms with E-state index >= 15 is 0 Å². The van der Waals surface area contributed by atoms with Gasteiger partial charge in [-0.2, -0.15) is 5.10 Å². The first-order valence-corrected chi connectivity index (χ1v) is 11.1. The van der Waals surface area contributed by atoms with Crippen molar-refractivity contribution >= 4 is 11.8 Å². The highest BCUT2D eigenvalue weighted by molar-refractivity contribution is 5.93. The number of nitrogens with zero attached hydrogens (tertiary/aromatic N) is 2. The maximum absolute atomic E-state index is 13.2. The topological polar surface area (TPSA) is 78.1 Å². The van der Waals surface area contributed by atoms with Gasteiger partial charge in [0, 0.05) is 30.7 Å². The van der Waals surface area contributed by atoms with Crippen LogP contribution in [-0.2, 0) is 16.6 Å². The summed E-state index contributed by atoms with van der Waals surface area (Å²) < 4.78 is 0. The first-order chi connectivity index (χ1) is 15.3. The monoisotopic (exact) mass is 430 g/mol. The zero-order chi connectivity index (χ0) is 22.7. The number of aromatic nitrogens is 2. The quantitative estimate of drug-likeness (QED) is 0.661. The summed E-state index contributed by atoms with van der Waals surface area (Å²) in [4.78, 5) is 27.8. The van der Waals surface area contributed by atoms with Crippen LogP contribution in [0.4, 0.5) is 0 Å². The van der Waals surface area contributed by atoms with Crippen molar-refractivity contribution in [3.05, 3.63) is 77.6 Å². The Morgan fingerprint density at radius 1 is 1.09 bits per heavy atom. The molecule has 0 radical (unpaired) electrons. The van der Waals surface area contributed by atoms with Gasteiger partial charge in [-0.15, -0.1) is 0 Å². The minimum Gasteiger partial charge on any atom is -0.354 e. The van der Waals surface area contributed by atoms with E-state index in [-0.39, 0.29) is 23.1 Å². The molecular formula is C26H30N4O2. The summed E-state index contributed by atoms with van der Waals surface area (Å²) in [6.45, 7) is 7.50. The largest absolute Gasteiger partial charge is 0.354 e. The van der Waals surface area contributed by atoms with E-state index < -0.39 is 0 Å². The highest BCUT2D eigenvalue weighted by atomic mass is 16.2. The summed E-state index contributed by atoms with van der Waals surface area (Å²) in [6, 6.07) is 20.2. The molecule has 1 saturated heterocycles. The molecule has 32 heavy (non-hydrogen) atoms. The smallest absolute Gasteiger partial charge is 0.274 e. The third-order valence-corrected chi connectivity index (χ3v) is 5.95. The van der Waals surface area contributed by atoms with Gasteiger partial charge in [0.15, 0.2) is 0 Å². The van der Waals surface area contributed by atoms with E-state index in [9.17, 15) is 9.59 Å². The molecule has 1 aliphatic rings. The molecule has 6 nitrogen and oxygen atoms in total. The molecule has 3 aromatic rings. The predicted molar refractivity (Wildman–Crippen MR) is 125 cm³/mol. The number of rotatable bonds is 4. The van der Waals surface area contributed by atoms with Gasteiger partial charge in [-0.3, -0.25) is 14.7 Å². The predicted octanol–water partition coefficient (Wildman–Crippen LogP) is 3.81. The van der Waals surface area contributed by atoms with E-state index in [0.717, 1.165) is 22.4 Å². The molecule has 2 N–H and O–H groups in total. The highest BCUT2D eigenvalue weighted by Gasteiger charge is 2.30. The van der Waals surface area contributed by atoms with Crippen molar-refractivity contribution in [3.8, 4) is 11.1 Å². The maximum atomic E-state index is 13.2. The van der Waals surface area contributed by atoms with Crippen molar-refractivity contribution in [2.24, 2.45) is 5.92 Å². The van der Waals surface area contributed by atoms with Crippen molar-refractivity contribution in [2.75, 3.05) is 19.6 Å². The Balaban J connectivity index is 1.56. The fourth-order valence-corrected chi connectivity index (χ4v) is 4.08. The van der Waals surface area contributed by atoms with Crippen LogP contribution in [0, 0.1) is 5.92 Å². The average Bonchev–Trinajstić information content (AvgIpc) is 3.22. The number of hydrogen-bond donors (Lipinski definition) is 2. The Kier molecular flexibility index (Phi) is 6.12. The van der Waals surface area contributed by atoms with Crippen LogP contribution in [0.2, 0.25) is 0 Å². The van der Waals surface area contributed by atoms with Gasteiger partial charge in [0.1, 0.15) is 5.69 Å². The molecule has 1 atom stereocenters. The van der Waals surface area contributed by atoms with E-state index in [0.29, 0.717) is 31.7 Å². The second-order valence-electron chi connectivity index (χ2n) is 9.38. The summed E-state index contributed by atoms with van der Waals surface area (Å²) >= 11 is 0. The number of benzene rings is 2. The molecule has 166 valence electrons. The molecule has 2 amide bonds. The SMILES string of the molecule is CC(C)(C)c1cc(C(=O)N2CCNC(=O)C(Cc3ccccc3-c3ccccc3)C2)n[nH]1. The van der Waals surface area contributed by atoms with Gasteiger partial charge in [-0.1, -0.05) is 75.4 Å². The molecule has 0 aliphatic carbocycles. The lowest BCUT2D eigenvalue weighted by molar-refractivity contribution is -0.124. The van der Waals surface area contributed by atoms with E-state index in [1.165, 1.54) is 0 Å². The molecule has 4 rings (SSSR count). The normalized spacial score (nSPS) is 17.0. The van der Waals surface area contributed by atoms with Crippen LogP contribution < -0.4 is 5.32 Å². The van der Waals surface area contributed by atoms with Gasteiger partial charge >= 0.3 is 0 Å². The van der Waals surface area contributed by atoms with Gasteiger partial charge in [-0.05, 0) is 29.2 Å². The Hall–Kier alpha value is -3.41. The van der Waals surface area contributed by atoms with Gasteiger partial charge in [-0.25, -0.2) is 0 Å². The molecule has 1 aromatic heterocycles. The van der Waals surface area contributed by atoms with Gasteiger partial charge in [0.2, 0.25) is 5.91 Å². The van der Waals surface area contributed by atoms with Crippen LogP contribution in [0.3, 0.4) is 0 Å². The third kappa shape index (κ3) is 4.74. The zero-order valence-electron chi connectivity index (χ0n) is 18.9. The fourth-order valence-electron chi connectivity index (χ4n) is 4.08. The van der Waals surface area contributed by atoms with Crippen molar-refractivity contribution in [1.82, 2.24) is 20.4 Å². The molecule has 1 unspecified atom stereocenters. The van der Waals surface area contributed by atoms with E-state index in [1.54, 1.807) is 4.90 Å². The van der Waals surface area contributed by atoms with Crippen LogP contribution >= 0.6 is 0 Å². The lowest BCUT2D eigenvalue weighted by atomic mass is 9.91. The molecule has 0 spiro atoms. The molecule has 2 heterocycles. The number of carbonyl (C=O) groups excluding carboxylic acids is 2. The van der Waals surface area contributed by atoms with Crippen molar-refractivity contribution in [1.29, 1.82) is 0 Å². The van der Waals surface area contributed by atoms with E-state index in [1.807, 2.05) is 36.4 Å². The van der Waals surface area contributed by atoms with Gasteiger partial charge in [0.05, 0.1) is 5.92 Å². The Bertz CT molecular complexity index is 1100. The molecule has 0 saturated carbocycles. The Morgan fingerprint density at radius 2 is 1.81 bits per heavy atom. The number of carbonyl (C=O) groups is 2. The van der Waals surface area contributed by atoms with Crippen molar-refractivity contribution < 1.29 is 9.59 Å². The second kappa shape index (κ2) is 8.99. The lowest BCUT2D eigenvalue weighted by Crippen LogP contribution is -2.37. The van der Waals surface area contributed by atoms with Crippen LogP contribution in [-0.4, -0.2) is 46.5 Å². The molecule has 1 fully saturated rings. The standard InChI is InChI=1S/C26H30N4O2/c1-26(2,3)23-16-22(28-29-23)25(32)30-14-13-27-24(31)20(17-30)15-19-11-7-8-12-21(19)18-9-5-4-6-10-18/h4-12,16,20H,13-15,17H2,1-3H3,(H,27,31)(H,28,29). The molecule has 2 aromatic carbocycles. The number of nitrogens with one attached hydrogen (secondary N) is 2. The summed E-state index contributed by atoms with van der Waals surface area (Å²) in [5.41, 5.74) is 4.53. The number of hydrogen-bond acceptors (Lipinski definition) is 3. The van der Waals surface area contributed by atoms with Crippen molar-refractivity contribution in [3.63, 3.8) is 0 Å². The first kappa shape index (κ1) is 21.8. The zero-order valence-corrected chi connectivity index (χ0v) is 18.9. The maximum Gasteiger partial charge on any atom is 0.274 e. The number of amides is 2. The Labute approximate surface area is 189 Å². The van der Waals surface area contributed by atoms with Gasteiger partial charge in [0.25, 0.3) is 5.91 Å². The first-order valence-electron chi connectivity index (χ1n) is 11.1.